The van der Waals surface area contributed by atoms with Gasteiger partial charge < -0.3 is 19.2 Å². The lowest BCUT2D eigenvalue weighted by Gasteiger charge is -2.12. The van der Waals surface area contributed by atoms with Crippen LogP contribution in [0, 0.1) is 13.8 Å². The van der Waals surface area contributed by atoms with E-state index in [0.29, 0.717) is 22.6 Å². The number of aromatic carboxylic acids is 1. The van der Waals surface area contributed by atoms with Gasteiger partial charge in [0.2, 0.25) is 0 Å². The van der Waals surface area contributed by atoms with E-state index in [1.165, 1.54) is 24.3 Å². The highest BCUT2D eigenvalue weighted by Crippen LogP contribution is 2.24. The molecule has 0 aliphatic heterocycles. The molecule has 2 aromatic carbocycles. The Morgan fingerprint density at radius 3 is 2.32 bits per heavy atom. The zero-order valence-electron chi connectivity index (χ0n) is 18.1. The quantitative estimate of drug-likeness (QED) is 0.388. The lowest BCUT2D eigenvalue weighted by molar-refractivity contribution is -0.255. The zero-order valence-corrected chi connectivity index (χ0v) is 18.1. The largest absolute Gasteiger partial charge is 0.543 e. The molecule has 0 aliphatic rings. The second-order valence-corrected chi connectivity index (χ2v) is 7.56. The molecule has 0 radical (unpaired) electrons. The Morgan fingerprint density at radius 1 is 1.06 bits per heavy atom. The summed E-state index contributed by atoms with van der Waals surface area (Å²) in [5.41, 5.74) is 1.15. The number of benzene rings is 2. The van der Waals surface area contributed by atoms with Gasteiger partial charge in [-0.05, 0) is 50.2 Å². The Balaban J connectivity index is 1.69. The molecule has 0 spiro atoms. The Bertz CT molecular complexity index is 1470. The molecule has 0 N–H and O–H groups in total. The van der Waals surface area contributed by atoms with Gasteiger partial charge in [0.1, 0.15) is 18.0 Å². The summed E-state index contributed by atoms with van der Waals surface area (Å²) >= 11 is 0. The molecule has 0 amide bonds. The smallest absolute Gasteiger partial charge is 0.387 e. The number of nitrogens with zero attached hydrogens (tertiary/aromatic N) is 3. The number of hydrogen-bond donors (Lipinski definition) is 0. The molecule has 0 aliphatic carbocycles. The molecule has 0 bridgehead atoms. The minimum atomic E-state index is -2.94. The maximum absolute atomic E-state index is 13.1. The lowest BCUT2D eigenvalue weighted by atomic mass is 10.1. The maximum atomic E-state index is 13.1. The van der Waals surface area contributed by atoms with Crippen molar-refractivity contribution in [3.8, 4) is 11.4 Å². The van der Waals surface area contributed by atoms with Gasteiger partial charge in [0, 0.05) is 28.0 Å². The first-order valence-corrected chi connectivity index (χ1v) is 10.2. The first kappa shape index (κ1) is 22.8. The number of Topliss-reactive ketones (excluding diaryl/α,β-unsaturated/α-hetero) is 1. The molecule has 34 heavy (non-hydrogen) atoms. The monoisotopic (exact) mass is 466 g/mol. The second kappa shape index (κ2) is 8.89. The standard InChI is InChI=1S/C24H19F2N3O5/c1-13-11-19(14(2)29(13)15-7-9-16(10-8-15)34-24(25)26)20(30)12-28-22(31)18-6-4-3-5-17(18)21(27-28)23(32)33/h3-11,24H,12H2,1-2H3,(H,32,33)/p-1. The molecule has 2 heterocycles. The number of rotatable bonds is 7. The van der Waals surface area contributed by atoms with Crippen LogP contribution in [0.15, 0.2) is 59.4 Å². The van der Waals surface area contributed by atoms with Crippen molar-refractivity contribution in [3.63, 3.8) is 0 Å². The molecular weight excluding hydrogens is 448 g/mol. The summed E-state index contributed by atoms with van der Waals surface area (Å²) in [6, 6.07) is 13.6. The van der Waals surface area contributed by atoms with E-state index >= 15 is 0 Å². The molecule has 4 rings (SSSR count). The van der Waals surface area contributed by atoms with Crippen molar-refractivity contribution < 1.29 is 28.2 Å². The molecule has 0 unspecified atom stereocenters. The summed E-state index contributed by atoms with van der Waals surface area (Å²) in [4.78, 5) is 37.5. The number of fused-ring (bicyclic) bond motifs is 1. The number of ether oxygens (including phenoxy) is 1. The highest BCUT2D eigenvalue weighted by Gasteiger charge is 2.20. The molecule has 0 saturated heterocycles. The van der Waals surface area contributed by atoms with Gasteiger partial charge in [-0.2, -0.15) is 13.9 Å². The topological polar surface area (TPSA) is 106 Å². The summed E-state index contributed by atoms with van der Waals surface area (Å²) in [5.74, 6) is -2.01. The third kappa shape index (κ3) is 4.17. The molecule has 0 fully saturated rings. The van der Waals surface area contributed by atoms with Crippen molar-refractivity contribution >= 4 is 22.5 Å². The number of aryl methyl sites for hydroxylation is 1. The van der Waals surface area contributed by atoms with Gasteiger partial charge in [-0.3, -0.25) is 9.59 Å². The predicted molar refractivity (Wildman–Crippen MR) is 117 cm³/mol. The van der Waals surface area contributed by atoms with Gasteiger partial charge in [0.25, 0.3) is 5.56 Å². The van der Waals surface area contributed by atoms with Gasteiger partial charge >= 0.3 is 6.61 Å². The third-order valence-electron chi connectivity index (χ3n) is 5.41. The summed E-state index contributed by atoms with van der Waals surface area (Å²) in [6.07, 6.45) is 0. The summed E-state index contributed by atoms with van der Waals surface area (Å²) in [5, 5.41) is 15.6. The van der Waals surface area contributed by atoms with E-state index < -0.39 is 36.2 Å². The van der Waals surface area contributed by atoms with Crippen LogP contribution in [0.25, 0.3) is 16.5 Å². The average Bonchev–Trinajstić information content (AvgIpc) is 3.09. The molecule has 174 valence electrons. The summed E-state index contributed by atoms with van der Waals surface area (Å²) in [6.45, 7) is 0.0550. The van der Waals surface area contributed by atoms with Crippen LogP contribution in [-0.4, -0.2) is 32.7 Å². The fourth-order valence-corrected chi connectivity index (χ4v) is 3.93. The van der Waals surface area contributed by atoms with Crippen LogP contribution in [-0.2, 0) is 6.54 Å². The number of carboxylic acids is 1. The number of halogens is 2. The minimum Gasteiger partial charge on any atom is -0.543 e. The maximum Gasteiger partial charge on any atom is 0.387 e. The third-order valence-corrected chi connectivity index (χ3v) is 5.41. The van der Waals surface area contributed by atoms with E-state index in [-0.39, 0.29) is 16.5 Å². The predicted octanol–water partition coefficient (Wildman–Crippen LogP) is 2.65. The highest BCUT2D eigenvalue weighted by atomic mass is 19.3. The van der Waals surface area contributed by atoms with Crippen molar-refractivity contribution in [2.24, 2.45) is 0 Å². The number of hydrogen-bond acceptors (Lipinski definition) is 6. The van der Waals surface area contributed by atoms with Crippen molar-refractivity contribution in [1.82, 2.24) is 14.3 Å². The van der Waals surface area contributed by atoms with E-state index in [0.717, 1.165) is 4.68 Å². The molecule has 4 aromatic rings. The van der Waals surface area contributed by atoms with Crippen molar-refractivity contribution in [3.05, 3.63) is 87.6 Å². The van der Waals surface area contributed by atoms with Crippen molar-refractivity contribution in [2.75, 3.05) is 0 Å². The van der Waals surface area contributed by atoms with Crippen molar-refractivity contribution in [1.29, 1.82) is 0 Å². The number of aromatic nitrogens is 3. The van der Waals surface area contributed by atoms with Gasteiger partial charge in [0.15, 0.2) is 5.78 Å². The Hall–Kier alpha value is -4.34. The number of carboxylic acid groups (broad SMARTS) is 1. The summed E-state index contributed by atoms with van der Waals surface area (Å²) in [7, 11) is 0. The van der Waals surface area contributed by atoms with Gasteiger partial charge in [-0.25, -0.2) is 4.68 Å². The Morgan fingerprint density at radius 2 is 1.71 bits per heavy atom. The first-order valence-electron chi connectivity index (χ1n) is 10.2. The fraction of sp³-hybridized carbons (Fsp3) is 0.167. The lowest BCUT2D eigenvalue weighted by Crippen LogP contribution is -2.32. The van der Waals surface area contributed by atoms with Crippen LogP contribution < -0.4 is 15.4 Å². The van der Waals surface area contributed by atoms with E-state index in [1.54, 1.807) is 48.7 Å². The van der Waals surface area contributed by atoms with Gasteiger partial charge in [0.05, 0.1) is 11.4 Å². The van der Waals surface area contributed by atoms with Crippen LogP contribution in [0.2, 0.25) is 0 Å². The van der Waals surface area contributed by atoms with E-state index in [2.05, 4.69) is 9.84 Å². The SMILES string of the molecule is Cc1cc(C(=O)Cn2nc(C(=O)[O-])c3ccccc3c2=O)c(C)n1-c1ccc(OC(F)F)cc1. The number of carbonyl (C=O) groups is 2. The van der Waals surface area contributed by atoms with Crippen LogP contribution >= 0.6 is 0 Å². The normalized spacial score (nSPS) is 11.2. The minimum absolute atomic E-state index is 0.00277. The zero-order chi connectivity index (χ0) is 24.6. The number of alkyl halides is 2. The van der Waals surface area contributed by atoms with Crippen LogP contribution in [0.1, 0.15) is 32.2 Å². The van der Waals surface area contributed by atoms with Crippen LogP contribution in [0.3, 0.4) is 0 Å². The second-order valence-electron chi connectivity index (χ2n) is 7.56. The van der Waals surface area contributed by atoms with Crippen LogP contribution in [0.4, 0.5) is 8.78 Å². The van der Waals surface area contributed by atoms with E-state index in [4.69, 9.17) is 0 Å². The number of ketones is 1. The van der Waals surface area contributed by atoms with E-state index in [1.807, 2.05) is 0 Å². The highest BCUT2D eigenvalue weighted by molar-refractivity contribution is 6.01. The van der Waals surface area contributed by atoms with E-state index in [9.17, 15) is 28.3 Å². The molecule has 10 heteroatoms. The summed E-state index contributed by atoms with van der Waals surface area (Å²) < 4.78 is 31.7. The molecule has 0 saturated carbocycles. The number of carbonyl (C=O) groups excluding carboxylic acids is 2. The molecule has 0 atom stereocenters. The Labute approximate surface area is 191 Å². The van der Waals surface area contributed by atoms with Crippen molar-refractivity contribution in [2.45, 2.75) is 27.0 Å². The van der Waals surface area contributed by atoms with Crippen LogP contribution in [0.5, 0.6) is 5.75 Å². The molecule has 8 nitrogen and oxygen atoms in total. The van der Waals surface area contributed by atoms with Gasteiger partial charge in [-0.1, -0.05) is 18.2 Å². The average molecular weight is 466 g/mol. The Kier molecular flexibility index (Phi) is 5.97. The molecule has 2 aromatic heterocycles. The fourth-order valence-electron chi connectivity index (χ4n) is 3.93. The molecular formula is C24H18F2N3O5-. The van der Waals surface area contributed by atoms with Gasteiger partial charge in [-0.15, -0.1) is 0 Å². The first-order chi connectivity index (χ1) is 16.2.